The fourth-order valence-electron chi connectivity index (χ4n) is 8.30. The van der Waals surface area contributed by atoms with E-state index in [2.05, 4.69) is 170 Å². The molecule has 0 aromatic heterocycles. The van der Waals surface area contributed by atoms with Gasteiger partial charge in [0, 0.05) is 27.9 Å². The van der Waals surface area contributed by atoms with Gasteiger partial charge in [0.2, 0.25) is 0 Å². The Balaban J connectivity index is 1.23. The highest BCUT2D eigenvalue weighted by atomic mass is 15.1. The Labute approximate surface area is 274 Å². The third kappa shape index (κ3) is 4.77. The fourth-order valence-corrected chi connectivity index (χ4v) is 8.30. The van der Waals surface area contributed by atoms with Gasteiger partial charge in [-0.15, -0.1) is 0 Å². The van der Waals surface area contributed by atoms with Gasteiger partial charge in [-0.3, -0.25) is 0 Å². The summed E-state index contributed by atoms with van der Waals surface area (Å²) in [5.74, 6) is 0. The topological polar surface area (TPSA) is 3.24 Å². The zero-order valence-corrected chi connectivity index (χ0v) is 26.9. The summed E-state index contributed by atoms with van der Waals surface area (Å²) in [5, 5.41) is 0. The van der Waals surface area contributed by atoms with Gasteiger partial charge in [-0.1, -0.05) is 148 Å². The molecule has 0 spiro atoms. The molecule has 1 saturated carbocycles. The molecule has 0 atom stereocenters. The molecule has 0 bridgehead atoms. The summed E-state index contributed by atoms with van der Waals surface area (Å²) in [7, 11) is 0. The van der Waals surface area contributed by atoms with Crippen LogP contribution in [0.5, 0.6) is 0 Å². The summed E-state index contributed by atoms with van der Waals surface area (Å²) in [6, 6.07) is 56.4. The van der Waals surface area contributed by atoms with Crippen LogP contribution in [0.3, 0.4) is 0 Å². The first-order valence-corrected chi connectivity index (χ1v) is 16.9. The molecule has 1 heteroatoms. The molecular weight excluding hydrogens is 555 g/mol. The van der Waals surface area contributed by atoms with Crippen LogP contribution in [0.15, 0.2) is 152 Å². The van der Waals surface area contributed by atoms with E-state index < -0.39 is 0 Å². The van der Waals surface area contributed by atoms with Crippen LogP contribution in [0, 0.1) is 0 Å². The van der Waals surface area contributed by atoms with E-state index in [0.717, 1.165) is 5.69 Å². The van der Waals surface area contributed by atoms with Crippen molar-refractivity contribution in [3.8, 4) is 22.3 Å². The van der Waals surface area contributed by atoms with Crippen molar-refractivity contribution in [3.05, 3.63) is 174 Å². The summed E-state index contributed by atoms with van der Waals surface area (Å²) in [4.78, 5) is 2.44. The van der Waals surface area contributed by atoms with Gasteiger partial charge < -0.3 is 4.90 Å². The summed E-state index contributed by atoms with van der Waals surface area (Å²) >= 11 is 0. The molecule has 2 aliphatic rings. The number of hydrogen-bond acceptors (Lipinski definition) is 1. The van der Waals surface area contributed by atoms with E-state index in [9.17, 15) is 0 Å². The molecule has 0 N–H and O–H groups in total. The van der Waals surface area contributed by atoms with Crippen LogP contribution >= 0.6 is 0 Å². The van der Waals surface area contributed by atoms with Gasteiger partial charge >= 0.3 is 0 Å². The van der Waals surface area contributed by atoms with Crippen molar-refractivity contribution in [1.29, 1.82) is 0 Å². The first-order valence-electron chi connectivity index (χ1n) is 16.9. The first kappa shape index (κ1) is 28.6. The molecule has 1 nitrogen and oxygen atoms in total. The average Bonchev–Trinajstić information content (AvgIpc) is 3.36. The fraction of sp³-hybridized carbons (Fsp3) is 0.200. The first-order chi connectivity index (χ1) is 22.5. The van der Waals surface area contributed by atoms with Crippen molar-refractivity contribution in [3.63, 3.8) is 0 Å². The van der Waals surface area contributed by atoms with Crippen LogP contribution in [0.25, 0.3) is 22.3 Å². The van der Waals surface area contributed by atoms with Gasteiger partial charge in [0.1, 0.15) is 0 Å². The number of rotatable bonds is 6. The molecule has 6 aromatic carbocycles. The minimum absolute atomic E-state index is 0.0579. The van der Waals surface area contributed by atoms with Gasteiger partial charge in [-0.2, -0.15) is 0 Å². The molecule has 2 aliphatic carbocycles. The Morgan fingerprint density at radius 1 is 0.435 bits per heavy atom. The van der Waals surface area contributed by atoms with E-state index in [4.69, 9.17) is 0 Å². The highest BCUT2D eigenvalue weighted by Crippen LogP contribution is 2.51. The van der Waals surface area contributed by atoms with Crippen LogP contribution in [0.1, 0.15) is 68.2 Å². The Bertz CT molecular complexity index is 1960. The van der Waals surface area contributed by atoms with Crippen molar-refractivity contribution < 1.29 is 0 Å². The zero-order chi connectivity index (χ0) is 31.1. The second-order valence-corrected chi connectivity index (χ2v) is 13.7. The van der Waals surface area contributed by atoms with Gasteiger partial charge in [-0.05, 0) is 93.7 Å². The van der Waals surface area contributed by atoms with Crippen LogP contribution in [0.4, 0.5) is 17.1 Å². The SMILES string of the molecule is CC1(C)c2ccccc2-c2ccc(N(c3ccc(-c4ccccc4)cc3)c3ccc(C4(c5ccccc5)CCCCC4)cc3)cc21. The van der Waals surface area contributed by atoms with Crippen molar-refractivity contribution in [2.24, 2.45) is 0 Å². The number of nitrogens with zero attached hydrogens (tertiary/aromatic N) is 1. The van der Waals surface area contributed by atoms with Crippen LogP contribution in [0.2, 0.25) is 0 Å². The molecule has 0 aliphatic heterocycles. The Kier molecular flexibility index (Phi) is 7.14. The monoisotopic (exact) mass is 595 g/mol. The van der Waals surface area contributed by atoms with Crippen molar-refractivity contribution in [2.45, 2.75) is 56.8 Å². The zero-order valence-electron chi connectivity index (χ0n) is 26.9. The van der Waals surface area contributed by atoms with Crippen LogP contribution in [-0.2, 0) is 10.8 Å². The molecule has 1 fully saturated rings. The maximum atomic E-state index is 2.44. The number of benzene rings is 6. The standard InChI is InChI=1S/C45H41N/c1-44(2)42-19-11-10-18-40(42)41-29-28-39(32-43(41)44)46(37-24-20-34(21-25-37)33-14-6-3-7-15-33)38-26-22-36(23-27-38)45(30-12-5-13-31-45)35-16-8-4-9-17-35/h3-4,6-11,14-29,32H,5,12-13,30-31H2,1-2H3. The second kappa shape index (κ2) is 11.5. The molecule has 46 heavy (non-hydrogen) atoms. The molecule has 0 radical (unpaired) electrons. The van der Waals surface area contributed by atoms with E-state index in [0.29, 0.717) is 0 Å². The maximum absolute atomic E-state index is 2.44. The molecule has 0 saturated heterocycles. The molecular formula is C45H41N. The Morgan fingerprint density at radius 3 is 1.65 bits per heavy atom. The summed E-state index contributed by atoms with van der Waals surface area (Å²) < 4.78 is 0. The quantitative estimate of drug-likeness (QED) is 0.185. The smallest absolute Gasteiger partial charge is 0.0465 e. The predicted molar refractivity (Wildman–Crippen MR) is 194 cm³/mol. The lowest BCUT2D eigenvalue weighted by Crippen LogP contribution is -2.30. The highest BCUT2D eigenvalue weighted by Gasteiger charge is 2.37. The van der Waals surface area contributed by atoms with Gasteiger partial charge in [0.25, 0.3) is 0 Å². The summed E-state index contributed by atoms with van der Waals surface area (Å²) in [5.41, 5.74) is 14.4. The molecule has 0 heterocycles. The van der Waals surface area contributed by atoms with Crippen LogP contribution in [-0.4, -0.2) is 0 Å². The second-order valence-electron chi connectivity index (χ2n) is 13.7. The van der Waals surface area contributed by atoms with E-state index in [1.165, 1.54) is 88.0 Å². The molecule has 226 valence electrons. The Hall–Kier alpha value is -4.88. The summed E-state index contributed by atoms with van der Waals surface area (Å²) in [6.07, 6.45) is 6.31. The largest absolute Gasteiger partial charge is 0.310 e. The van der Waals surface area contributed by atoms with Gasteiger partial charge in [0.05, 0.1) is 0 Å². The van der Waals surface area contributed by atoms with Crippen molar-refractivity contribution >= 4 is 17.1 Å². The third-order valence-corrected chi connectivity index (χ3v) is 10.8. The minimum atomic E-state index is -0.0579. The van der Waals surface area contributed by atoms with Crippen LogP contribution < -0.4 is 4.90 Å². The third-order valence-electron chi connectivity index (χ3n) is 10.8. The number of anilines is 3. The van der Waals surface area contributed by atoms with E-state index in [1.54, 1.807) is 0 Å². The normalized spacial score (nSPS) is 16.0. The molecule has 6 aromatic rings. The maximum Gasteiger partial charge on any atom is 0.0465 e. The lowest BCUT2D eigenvalue weighted by molar-refractivity contribution is 0.346. The number of fused-ring (bicyclic) bond motifs is 3. The Morgan fingerprint density at radius 2 is 0.957 bits per heavy atom. The van der Waals surface area contributed by atoms with Gasteiger partial charge in [-0.25, -0.2) is 0 Å². The van der Waals surface area contributed by atoms with E-state index >= 15 is 0 Å². The summed E-state index contributed by atoms with van der Waals surface area (Å²) in [6.45, 7) is 4.73. The minimum Gasteiger partial charge on any atom is -0.310 e. The van der Waals surface area contributed by atoms with Gasteiger partial charge in [0.15, 0.2) is 0 Å². The van der Waals surface area contributed by atoms with Crippen molar-refractivity contribution in [2.75, 3.05) is 4.90 Å². The van der Waals surface area contributed by atoms with E-state index in [-0.39, 0.29) is 10.8 Å². The highest BCUT2D eigenvalue weighted by molar-refractivity contribution is 5.86. The van der Waals surface area contributed by atoms with E-state index in [1.807, 2.05) is 0 Å². The lowest BCUT2D eigenvalue weighted by Gasteiger charge is -2.39. The lowest BCUT2D eigenvalue weighted by atomic mass is 9.65. The molecule has 0 amide bonds. The number of hydrogen-bond donors (Lipinski definition) is 0. The molecule has 0 unspecified atom stereocenters. The average molecular weight is 596 g/mol. The van der Waals surface area contributed by atoms with Crippen molar-refractivity contribution in [1.82, 2.24) is 0 Å². The molecule has 8 rings (SSSR count). The predicted octanol–water partition coefficient (Wildman–Crippen LogP) is 12.4.